The van der Waals surface area contributed by atoms with Crippen molar-refractivity contribution in [3.63, 3.8) is 0 Å². The van der Waals surface area contributed by atoms with E-state index in [0.29, 0.717) is 0 Å². The minimum absolute atomic E-state index is 0.799. The number of aryl methyl sites for hydroxylation is 1. The first-order valence-corrected chi connectivity index (χ1v) is 13.0. The second kappa shape index (κ2) is 7.72. The number of para-hydroxylation sites is 1. The molecule has 1 aliphatic heterocycles. The maximum Gasteiger partial charge on any atom is 0.175 e. The zero-order valence-corrected chi connectivity index (χ0v) is 19.2. The molecule has 0 spiro atoms. The third kappa shape index (κ3) is 2.97. The minimum atomic E-state index is -3.13. The zero-order valence-electron chi connectivity index (χ0n) is 18.3. The predicted molar refractivity (Wildman–Crippen MR) is 139 cm³/mol. The number of benzene rings is 4. The highest BCUT2D eigenvalue weighted by molar-refractivity contribution is 7.86. The van der Waals surface area contributed by atoms with Crippen molar-refractivity contribution in [2.45, 2.75) is 13.3 Å². The number of rotatable bonds is 4. The van der Waals surface area contributed by atoms with Gasteiger partial charge in [0, 0.05) is 17.0 Å². The summed E-state index contributed by atoms with van der Waals surface area (Å²) in [6.07, 6.45) is 4.98. The molecule has 1 unspecified atom stereocenters. The molecule has 0 fully saturated rings. The van der Waals surface area contributed by atoms with Gasteiger partial charge in [0.2, 0.25) is 0 Å². The number of imidazole rings is 1. The Morgan fingerprint density at radius 3 is 2.27 bits per heavy atom. The maximum absolute atomic E-state index is 15.3. The highest BCUT2D eigenvalue weighted by Crippen LogP contribution is 2.50. The highest BCUT2D eigenvalue weighted by Gasteiger charge is 2.40. The summed E-state index contributed by atoms with van der Waals surface area (Å²) in [4.78, 5) is 4.94. The first kappa shape index (κ1) is 20.0. The van der Waals surface area contributed by atoms with Gasteiger partial charge in [0.05, 0.1) is 22.0 Å². The van der Waals surface area contributed by atoms with Crippen molar-refractivity contribution in [3.05, 3.63) is 114 Å². The largest absolute Gasteiger partial charge is 0.308 e. The van der Waals surface area contributed by atoms with E-state index in [1.807, 2.05) is 66.7 Å². The molecule has 1 aromatic heterocycles. The van der Waals surface area contributed by atoms with Gasteiger partial charge in [-0.3, -0.25) is 4.57 Å². The van der Waals surface area contributed by atoms with Crippen molar-refractivity contribution in [3.8, 4) is 5.69 Å². The fraction of sp³-hybridized carbons (Fsp3) is 0.0690. The van der Waals surface area contributed by atoms with Crippen molar-refractivity contribution in [2.24, 2.45) is 0 Å². The lowest BCUT2D eigenvalue weighted by Crippen LogP contribution is -2.34. The minimum Gasteiger partial charge on any atom is -0.308 e. The van der Waals surface area contributed by atoms with Crippen LogP contribution in [0, 0.1) is 0 Å². The lowest BCUT2D eigenvalue weighted by Gasteiger charge is -2.30. The Kier molecular flexibility index (Phi) is 4.67. The van der Waals surface area contributed by atoms with Gasteiger partial charge in [0.15, 0.2) is 7.14 Å². The molecule has 6 rings (SSSR count). The summed E-state index contributed by atoms with van der Waals surface area (Å²) < 4.78 is 17.5. The summed E-state index contributed by atoms with van der Waals surface area (Å²) in [7, 11) is -3.13. The summed E-state index contributed by atoms with van der Waals surface area (Å²) in [6, 6.07) is 32.4. The molecule has 4 heteroatoms. The van der Waals surface area contributed by atoms with Crippen LogP contribution in [0.1, 0.15) is 23.9 Å². The molecule has 0 radical (unpaired) electrons. The molecule has 2 heterocycles. The molecule has 0 saturated carbocycles. The van der Waals surface area contributed by atoms with E-state index in [2.05, 4.69) is 54.0 Å². The van der Waals surface area contributed by atoms with E-state index in [4.69, 9.17) is 4.98 Å². The van der Waals surface area contributed by atoms with Crippen molar-refractivity contribution in [2.75, 3.05) is 0 Å². The Labute approximate surface area is 193 Å². The second-order valence-corrected chi connectivity index (χ2v) is 10.9. The monoisotopic (exact) mass is 446 g/mol. The van der Waals surface area contributed by atoms with E-state index in [1.165, 1.54) is 0 Å². The molecule has 0 bridgehead atoms. The lowest BCUT2D eigenvalue weighted by molar-refractivity contribution is 0.592. The molecule has 0 N–H and O–H groups in total. The van der Waals surface area contributed by atoms with Crippen LogP contribution in [0.15, 0.2) is 97.1 Å². The molecule has 0 aliphatic carbocycles. The number of aromatic nitrogens is 2. The van der Waals surface area contributed by atoms with Crippen LogP contribution in [0.5, 0.6) is 0 Å². The normalized spacial score (nSPS) is 16.9. The van der Waals surface area contributed by atoms with Crippen molar-refractivity contribution < 1.29 is 4.57 Å². The predicted octanol–water partition coefficient (Wildman–Crippen LogP) is 5.71. The van der Waals surface area contributed by atoms with E-state index in [1.54, 1.807) is 0 Å². The van der Waals surface area contributed by atoms with Gasteiger partial charge in [0.1, 0.15) is 5.82 Å². The van der Waals surface area contributed by atoms with Crippen LogP contribution in [0.25, 0.3) is 28.9 Å². The second-order valence-electron chi connectivity index (χ2n) is 8.27. The fourth-order valence-corrected chi connectivity index (χ4v) is 8.06. The summed E-state index contributed by atoms with van der Waals surface area (Å²) in [5.74, 6) is 0.988. The molecular weight excluding hydrogens is 423 g/mol. The van der Waals surface area contributed by atoms with E-state index < -0.39 is 7.14 Å². The highest BCUT2D eigenvalue weighted by atomic mass is 31.2. The van der Waals surface area contributed by atoms with Crippen molar-refractivity contribution >= 4 is 46.2 Å². The number of nitrogens with zero attached hydrogens (tertiary/aromatic N) is 2. The van der Waals surface area contributed by atoms with Crippen LogP contribution in [-0.4, -0.2) is 9.55 Å². The summed E-state index contributed by atoms with van der Waals surface area (Å²) >= 11 is 0. The average molecular weight is 446 g/mol. The van der Waals surface area contributed by atoms with Gasteiger partial charge in [-0.2, -0.15) is 0 Å². The van der Waals surface area contributed by atoms with Crippen LogP contribution in [0.3, 0.4) is 0 Å². The topological polar surface area (TPSA) is 34.9 Å². The van der Waals surface area contributed by atoms with Gasteiger partial charge in [-0.1, -0.05) is 97.9 Å². The Bertz CT molecular complexity index is 1570. The summed E-state index contributed by atoms with van der Waals surface area (Å²) in [5, 5.41) is 2.60. The van der Waals surface area contributed by atoms with Gasteiger partial charge in [0.25, 0.3) is 0 Å². The Morgan fingerprint density at radius 1 is 0.818 bits per heavy atom. The molecule has 33 heavy (non-hydrogen) atoms. The molecule has 4 aromatic carbocycles. The van der Waals surface area contributed by atoms with Crippen LogP contribution in [-0.2, 0) is 11.0 Å². The fourth-order valence-electron chi connectivity index (χ4n) is 4.87. The molecule has 1 aliphatic rings. The van der Waals surface area contributed by atoms with Crippen molar-refractivity contribution in [1.82, 2.24) is 9.55 Å². The zero-order chi connectivity index (χ0) is 22.4. The molecule has 0 saturated heterocycles. The summed E-state index contributed by atoms with van der Waals surface area (Å²) in [5.41, 5.74) is 4.91. The van der Waals surface area contributed by atoms with Crippen LogP contribution < -0.4 is 15.9 Å². The van der Waals surface area contributed by atoms with E-state index in [0.717, 1.165) is 56.0 Å². The molecule has 1 atom stereocenters. The van der Waals surface area contributed by atoms with E-state index in [9.17, 15) is 0 Å². The maximum atomic E-state index is 15.3. The van der Waals surface area contributed by atoms with Gasteiger partial charge in [-0.05, 0) is 29.3 Å². The Hall–Kier alpha value is -3.68. The number of hydrogen-bond donors (Lipinski definition) is 0. The molecule has 5 aromatic rings. The number of fused-ring (bicyclic) bond motifs is 2. The molecular formula is C29H23N2OP. The Morgan fingerprint density at radius 2 is 1.52 bits per heavy atom. The van der Waals surface area contributed by atoms with E-state index >= 15 is 4.57 Å². The first-order chi connectivity index (χ1) is 16.2. The van der Waals surface area contributed by atoms with Crippen LogP contribution in [0.2, 0.25) is 0 Å². The molecule has 0 amide bonds. The number of hydrogen-bond acceptors (Lipinski definition) is 2. The van der Waals surface area contributed by atoms with Crippen LogP contribution in [0.4, 0.5) is 0 Å². The Balaban J connectivity index is 1.74. The third-order valence-electron chi connectivity index (χ3n) is 6.36. The average Bonchev–Trinajstić information content (AvgIpc) is 3.26. The van der Waals surface area contributed by atoms with Gasteiger partial charge >= 0.3 is 0 Å². The van der Waals surface area contributed by atoms with Gasteiger partial charge < -0.3 is 4.57 Å². The first-order valence-electron chi connectivity index (χ1n) is 11.3. The van der Waals surface area contributed by atoms with E-state index in [-0.39, 0.29) is 0 Å². The lowest BCUT2D eigenvalue weighted by atomic mass is 10.1. The molecule has 3 nitrogen and oxygen atoms in total. The van der Waals surface area contributed by atoms with Crippen molar-refractivity contribution in [1.29, 1.82) is 0 Å². The molecule has 160 valence electrons. The SMILES string of the molecule is CCc1nc2ccc(/C=C/c3ccccc3)c3c2n1-c1ccccc1P3(=O)c1ccccc1. The third-order valence-corrected chi connectivity index (χ3v) is 9.54. The smallest absolute Gasteiger partial charge is 0.175 e. The van der Waals surface area contributed by atoms with Gasteiger partial charge in [-0.15, -0.1) is 0 Å². The van der Waals surface area contributed by atoms with Gasteiger partial charge in [-0.25, -0.2) is 4.98 Å². The van der Waals surface area contributed by atoms with Crippen LogP contribution >= 0.6 is 7.14 Å². The standard InChI is InChI=1S/C29H23N2OP/c1-2-27-30-24-20-19-22(18-17-21-11-5-3-6-12-21)29-28(24)31(27)25-15-9-10-16-26(25)33(29,32)23-13-7-4-8-14-23/h3-20H,2H2,1H3/b18-17+. The quantitative estimate of drug-likeness (QED) is 0.257. The summed E-state index contributed by atoms with van der Waals surface area (Å²) in [6.45, 7) is 2.12.